The SMILES string of the molecule is CCCCCc1c(C)nc2n1CCCCC2. The van der Waals surface area contributed by atoms with E-state index in [2.05, 4.69) is 18.4 Å². The molecule has 0 N–H and O–H groups in total. The Hall–Kier alpha value is -0.790. The van der Waals surface area contributed by atoms with Gasteiger partial charge in [0.25, 0.3) is 0 Å². The summed E-state index contributed by atoms with van der Waals surface area (Å²) in [5.41, 5.74) is 2.80. The topological polar surface area (TPSA) is 17.8 Å². The Bertz CT molecular complexity index is 339. The van der Waals surface area contributed by atoms with E-state index < -0.39 is 0 Å². The van der Waals surface area contributed by atoms with Crippen molar-refractivity contribution in [2.75, 3.05) is 0 Å². The Morgan fingerprint density at radius 3 is 2.88 bits per heavy atom. The van der Waals surface area contributed by atoms with Gasteiger partial charge in [-0.1, -0.05) is 26.2 Å². The number of hydrogen-bond acceptors (Lipinski definition) is 1. The molecule has 2 heterocycles. The van der Waals surface area contributed by atoms with Crippen LogP contribution in [0.3, 0.4) is 0 Å². The normalized spacial score (nSPS) is 15.9. The van der Waals surface area contributed by atoms with Gasteiger partial charge in [-0.3, -0.25) is 0 Å². The van der Waals surface area contributed by atoms with Gasteiger partial charge in [0.2, 0.25) is 0 Å². The molecule has 1 aromatic rings. The zero-order chi connectivity index (χ0) is 11.4. The molecule has 0 amide bonds. The number of nitrogens with zero attached hydrogens (tertiary/aromatic N) is 2. The van der Waals surface area contributed by atoms with Crippen molar-refractivity contribution in [3.8, 4) is 0 Å². The van der Waals surface area contributed by atoms with Gasteiger partial charge >= 0.3 is 0 Å². The maximum absolute atomic E-state index is 4.75. The lowest BCUT2D eigenvalue weighted by Gasteiger charge is -2.09. The second-order valence-corrected chi connectivity index (χ2v) is 4.98. The summed E-state index contributed by atoms with van der Waals surface area (Å²) in [6.45, 7) is 5.66. The molecular weight excluding hydrogens is 196 g/mol. The van der Waals surface area contributed by atoms with E-state index in [-0.39, 0.29) is 0 Å². The molecule has 0 spiro atoms. The van der Waals surface area contributed by atoms with Gasteiger partial charge in [-0.2, -0.15) is 0 Å². The second-order valence-electron chi connectivity index (χ2n) is 4.98. The third kappa shape index (κ3) is 2.47. The first-order valence-electron chi connectivity index (χ1n) is 6.87. The standard InChI is InChI=1S/C14H24N2/c1-3-4-6-9-13-12(2)15-14-10-7-5-8-11-16(13)14/h3-11H2,1-2H3. The number of unbranched alkanes of at least 4 members (excludes halogenated alkanes) is 2. The van der Waals surface area contributed by atoms with Crippen LogP contribution in [0.5, 0.6) is 0 Å². The minimum atomic E-state index is 1.19. The minimum Gasteiger partial charge on any atom is -0.332 e. The molecule has 1 aliphatic rings. The maximum Gasteiger partial charge on any atom is 0.109 e. The molecule has 0 saturated carbocycles. The summed E-state index contributed by atoms with van der Waals surface area (Å²) in [7, 11) is 0. The van der Waals surface area contributed by atoms with Gasteiger partial charge in [-0.05, 0) is 32.6 Å². The number of aryl methyl sites for hydroxylation is 2. The van der Waals surface area contributed by atoms with Crippen LogP contribution in [0.2, 0.25) is 0 Å². The van der Waals surface area contributed by atoms with E-state index in [9.17, 15) is 0 Å². The Kier molecular flexibility index (Phi) is 4.03. The van der Waals surface area contributed by atoms with E-state index in [1.54, 1.807) is 0 Å². The molecule has 2 nitrogen and oxygen atoms in total. The van der Waals surface area contributed by atoms with E-state index in [0.29, 0.717) is 0 Å². The molecule has 0 saturated heterocycles. The zero-order valence-electron chi connectivity index (χ0n) is 10.8. The third-order valence-electron chi connectivity index (χ3n) is 3.65. The lowest BCUT2D eigenvalue weighted by Crippen LogP contribution is -2.05. The summed E-state index contributed by atoms with van der Waals surface area (Å²) in [5, 5.41) is 0. The van der Waals surface area contributed by atoms with Crippen LogP contribution in [0.15, 0.2) is 0 Å². The van der Waals surface area contributed by atoms with Crippen molar-refractivity contribution in [1.29, 1.82) is 0 Å². The molecule has 16 heavy (non-hydrogen) atoms. The summed E-state index contributed by atoms with van der Waals surface area (Å²) in [4.78, 5) is 4.75. The van der Waals surface area contributed by atoms with Crippen LogP contribution in [0.4, 0.5) is 0 Å². The Labute approximate surface area is 99.1 Å². The molecule has 1 aliphatic heterocycles. The fourth-order valence-corrected chi connectivity index (χ4v) is 2.71. The second kappa shape index (κ2) is 5.51. The van der Waals surface area contributed by atoms with Gasteiger partial charge in [0.1, 0.15) is 5.82 Å². The van der Waals surface area contributed by atoms with Gasteiger partial charge in [0, 0.05) is 18.7 Å². The van der Waals surface area contributed by atoms with Crippen LogP contribution in [0.1, 0.15) is 62.7 Å². The highest BCUT2D eigenvalue weighted by atomic mass is 15.1. The molecule has 0 radical (unpaired) electrons. The molecule has 0 aliphatic carbocycles. The highest BCUT2D eigenvalue weighted by Crippen LogP contribution is 2.20. The van der Waals surface area contributed by atoms with E-state index in [1.165, 1.54) is 75.1 Å². The highest BCUT2D eigenvalue weighted by molar-refractivity contribution is 5.17. The van der Waals surface area contributed by atoms with Gasteiger partial charge < -0.3 is 4.57 Å². The van der Waals surface area contributed by atoms with Crippen LogP contribution >= 0.6 is 0 Å². The van der Waals surface area contributed by atoms with Gasteiger partial charge in [-0.15, -0.1) is 0 Å². The summed E-state index contributed by atoms with van der Waals surface area (Å²) < 4.78 is 2.51. The third-order valence-corrected chi connectivity index (χ3v) is 3.65. The van der Waals surface area contributed by atoms with Crippen molar-refractivity contribution < 1.29 is 0 Å². The smallest absolute Gasteiger partial charge is 0.109 e. The lowest BCUT2D eigenvalue weighted by atomic mass is 10.1. The average Bonchev–Trinajstić information content (AvgIpc) is 2.47. The fraction of sp³-hybridized carbons (Fsp3) is 0.786. The van der Waals surface area contributed by atoms with Crippen LogP contribution in [0.25, 0.3) is 0 Å². The van der Waals surface area contributed by atoms with Gasteiger partial charge in [-0.25, -0.2) is 4.98 Å². The Balaban J connectivity index is 2.13. The maximum atomic E-state index is 4.75. The molecule has 2 heteroatoms. The molecule has 0 unspecified atom stereocenters. The summed E-state index contributed by atoms with van der Waals surface area (Å²) in [6, 6.07) is 0. The predicted molar refractivity (Wildman–Crippen MR) is 67.7 cm³/mol. The monoisotopic (exact) mass is 220 g/mol. The summed E-state index contributed by atoms with van der Waals surface area (Å²) >= 11 is 0. The number of fused-ring (bicyclic) bond motifs is 1. The molecule has 1 aromatic heterocycles. The van der Waals surface area contributed by atoms with Crippen LogP contribution in [-0.2, 0) is 19.4 Å². The van der Waals surface area contributed by atoms with Crippen molar-refractivity contribution in [1.82, 2.24) is 9.55 Å². The van der Waals surface area contributed by atoms with E-state index >= 15 is 0 Å². The lowest BCUT2D eigenvalue weighted by molar-refractivity contribution is 0.596. The first-order valence-corrected chi connectivity index (χ1v) is 6.87. The highest BCUT2D eigenvalue weighted by Gasteiger charge is 2.15. The van der Waals surface area contributed by atoms with Crippen molar-refractivity contribution >= 4 is 0 Å². The number of rotatable bonds is 4. The van der Waals surface area contributed by atoms with E-state index in [1.807, 2.05) is 0 Å². The summed E-state index contributed by atoms with van der Waals surface area (Å²) in [6.07, 6.45) is 10.4. The molecule has 90 valence electrons. The molecule has 0 atom stereocenters. The molecule has 0 bridgehead atoms. The molecule has 0 fully saturated rings. The Morgan fingerprint density at radius 2 is 2.06 bits per heavy atom. The van der Waals surface area contributed by atoms with Crippen LogP contribution < -0.4 is 0 Å². The van der Waals surface area contributed by atoms with Crippen molar-refractivity contribution in [2.24, 2.45) is 0 Å². The van der Waals surface area contributed by atoms with Crippen molar-refractivity contribution in [2.45, 2.75) is 71.8 Å². The predicted octanol–water partition coefficient (Wildman–Crippen LogP) is 3.65. The van der Waals surface area contributed by atoms with Crippen LogP contribution in [0, 0.1) is 6.92 Å². The van der Waals surface area contributed by atoms with E-state index in [4.69, 9.17) is 4.98 Å². The molecule has 2 rings (SSSR count). The van der Waals surface area contributed by atoms with Crippen molar-refractivity contribution in [3.05, 3.63) is 17.2 Å². The van der Waals surface area contributed by atoms with Crippen LogP contribution in [-0.4, -0.2) is 9.55 Å². The van der Waals surface area contributed by atoms with Gasteiger partial charge in [0.05, 0.1) is 5.69 Å². The number of aromatic nitrogens is 2. The molecule has 0 aromatic carbocycles. The summed E-state index contributed by atoms with van der Waals surface area (Å²) in [5.74, 6) is 1.35. The minimum absolute atomic E-state index is 1.19. The first-order chi connectivity index (χ1) is 7.83. The largest absolute Gasteiger partial charge is 0.332 e. The first kappa shape index (κ1) is 11.7. The quantitative estimate of drug-likeness (QED) is 0.708. The number of hydrogen-bond donors (Lipinski definition) is 0. The zero-order valence-corrected chi connectivity index (χ0v) is 10.8. The molecular formula is C14H24N2. The fourth-order valence-electron chi connectivity index (χ4n) is 2.71. The average molecular weight is 220 g/mol. The van der Waals surface area contributed by atoms with Crippen molar-refractivity contribution in [3.63, 3.8) is 0 Å². The van der Waals surface area contributed by atoms with E-state index in [0.717, 1.165) is 0 Å². The Morgan fingerprint density at radius 1 is 1.19 bits per heavy atom. The number of imidazole rings is 1. The van der Waals surface area contributed by atoms with Gasteiger partial charge in [0.15, 0.2) is 0 Å².